The summed E-state index contributed by atoms with van der Waals surface area (Å²) in [6.45, 7) is 6.56. The molecule has 0 aromatic carbocycles. The van der Waals surface area contributed by atoms with Crippen molar-refractivity contribution in [2.45, 2.75) is 52.6 Å². The topological polar surface area (TPSA) is 72.9 Å². The van der Waals surface area contributed by atoms with E-state index >= 15 is 0 Å². The Balaban J connectivity index is 2.47. The Labute approximate surface area is 109 Å². The number of amides is 1. The number of aryl methyl sites for hydroxylation is 2. The Morgan fingerprint density at radius 2 is 2.17 bits per heavy atom. The molecule has 1 unspecified atom stereocenters. The molecule has 0 bridgehead atoms. The van der Waals surface area contributed by atoms with Gasteiger partial charge < -0.3 is 11.1 Å². The molecule has 0 aliphatic rings. The van der Waals surface area contributed by atoms with Crippen molar-refractivity contribution in [3.05, 3.63) is 17.0 Å². The van der Waals surface area contributed by atoms with Gasteiger partial charge >= 0.3 is 0 Å². The highest BCUT2D eigenvalue weighted by Crippen LogP contribution is 2.11. The standard InChI is InChI=1S/C13H24N4O/c1-5-6-11(14)7-13(18)15-8-12-9(2)16-17(4)10(12)3/h11H,5-8,14H2,1-4H3,(H,15,18). The molecule has 18 heavy (non-hydrogen) atoms. The molecule has 0 spiro atoms. The van der Waals surface area contributed by atoms with E-state index < -0.39 is 0 Å². The lowest BCUT2D eigenvalue weighted by Gasteiger charge is -2.10. The molecule has 1 rings (SSSR count). The Hall–Kier alpha value is -1.36. The lowest BCUT2D eigenvalue weighted by atomic mass is 10.1. The van der Waals surface area contributed by atoms with Crippen molar-refractivity contribution in [3.63, 3.8) is 0 Å². The van der Waals surface area contributed by atoms with Crippen LogP contribution in [0.4, 0.5) is 0 Å². The number of hydrogen-bond acceptors (Lipinski definition) is 3. The molecule has 0 saturated heterocycles. The molecule has 1 amide bonds. The third kappa shape index (κ3) is 3.84. The summed E-state index contributed by atoms with van der Waals surface area (Å²) in [7, 11) is 1.91. The van der Waals surface area contributed by atoms with Crippen LogP contribution in [0.2, 0.25) is 0 Å². The van der Waals surface area contributed by atoms with E-state index in [4.69, 9.17) is 5.73 Å². The van der Waals surface area contributed by atoms with Crippen LogP contribution in [0.1, 0.15) is 43.1 Å². The highest BCUT2D eigenvalue weighted by Gasteiger charge is 2.12. The molecule has 0 fully saturated rings. The first-order valence-corrected chi connectivity index (χ1v) is 6.47. The van der Waals surface area contributed by atoms with E-state index in [-0.39, 0.29) is 11.9 Å². The van der Waals surface area contributed by atoms with Gasteiger partial charge in [0, 0.05) is 37.3 Å². The van der Waals surface area contributed by atoms with Crippen LogP contribution >= 0.6 is 0 Å². The molecule has 102 valence electrons. The van der Waals surface area contributed by atoms with Crippen LogP contribution in [-0.2, 0) is 18.4 Å². The van der Waals surface area contributed by atoms with Crippen LogP contribution in [0.15, 0.2) is 0 Å². The van der Waals surface area contributed by atoms with E-state index in [9.17, 15) is 4.79 Å². The van der Waals surface area contributed by atoms with Gasteiger partial charge in [0.25, 0.3) is 0 Å². The summed E-state index contributed by atoms with van der Waals surface area (Å²) in [5.74, 6) is 0.0126. The number of hydrogen-bond donors (Lipinski definition) is 2. The van der Waals surface area contributed by atoms with E-state index in [1.54, 1.807) is 0 Å². The van der Waals surface area contributed by atoms with Crippen LogP contribution in [0.5, 0.6) is 0 Å². The lowest BCUT2D eigenvalue weighted by molar-refractivity contribution is -0.121. The molecule has 0 radical (unpaired) electrons. The third-order valence-corrected chi connectivity index (χ3v) is 3.23. The van der Waals surface area contributed by atoms with Crippen molar-refractivity contribution in [3.8, 4) is 0 Å². The maximum Gasteiger partial charge on any atom is 0.221 e. The zero-order valence-corrected chi connectivity index (χ0v) is 11.8. The fraction of sp³-hybridized carbons (Fsp3) is 0.692. The lowest BCUT2D eigenvalue weighted by Crippen LogP contribution is -2.31. The number of carbonyl (C=O) groups is 1. The minimum absolute atomic E-state index is 0.0126. The second-order valence-corrected chi connectivity index (χ2v) is 4.80. The normalized spacial score (nSPS) is 12.5. The van der Waals surface area contributed by atoms with Crippen molar-refractivity contribution >= 4 is 5.91 Å². The minimum Gasteiger partial charge on any atom is -0.352 e. The van der Waals surface area contributed by atoms with Crippen LogP contribution in [-0.4, -0.2) is 21.7 Å². The molecule has 0 aliphatic heterocycles. The van der Waals surface area contributed by atoms with E-state index in [2.05, 4.69) is 17.3 Å². The maximum absolute atomic E-state index is 11.7. The first kappa shape index (κ1) is 14.7. The highest BCUT2D eigenvalue weighted by atomic mass is 16.1. The molecule has 1 aromatic rings. The number of nitrogens with two attached hydrogens (primary N) is 1. The molecule has 5 nitrogen and oxygen atoms in total. The predicted molar refractivity (Wildman–Crippen MR) is 72.0 cm³/mol. The summed E-state index contributed by atoms with van der Waals surface area (Å²) in [5, 5.41) is 7.23. The second-order valence-electron chi connectivity index (χ2n) is 4.80. The largest absolute Gasteiger partial charge is 0.352 e. The summed E-state index contributed by atoms with van der Waals surface area (Å²) < 4.78 is 1.83. The van der Waals surface area contributed by atoms with E-state index in [0.29, 0.717) is 13.0 Å². The van der Waals surface area contributed by atoms with Gasteiger partial charge in [-0.25, -0.2) is 0 Å². The SMILES string of the molecule is CCCC(N)CC(=O)NCc1c(C)nn(C)c1C. The van der Waals surface area contributed by atoms with Gasteiger partial charge in [0.15, 0.2) is 0 Å². The first-order valence-electron chi connectivity index (χ1n) is 6.47. The van der Waals surface area contributed by atoms with Gasteiger partial charge in [-0.3, -0.25) is 9.48 Å². The summed E-state index contributed by atoms with van der Waals surface area (Å²) in [4.78, 5) is 11.7. The zero-order chi connectivity index (χ0) is 13.7. The van der Waals surface area contributed by atoms with Gasteiger partial charge in [-0.1, -0.05) is 13.3 Å². The van der Waals surface area contributed by atoms with Gasteiger partial charge in [0.2, 0.25) is 5.91 Å². The van der Waals surface area contributed by atoms with Gasteiger partial charge in [0.05, 0.1) is 5.69 Å². The van der Waals surface area contributed by atoms with Crippen molar-refractivity contribution in [2.24, 2.45) is 12.8 Å². The number of rotatable bonds is 6. The van der Waals surface area contributed by atoms with E-state index in [0.717, 1.165) is 29.8 Å². The fourth-order valence-corrected chi connectivity index (χ4v) is 2.04. The van der Waals surface area contributed by atoms with Crippen molar-refractivity contribution in [1.82, 2.24) is 15.1 Å². The smallest absolute Gasteiger partial charge is 0.221 e. The predicted octanol–water partition coefficient (Wildman–Crippen LogP) is 1.17. The van der Waals surface area contributed by atoms with Gasteiger partial charge in [0.1, 0.15) is 0 Å². The van der Waals surface area contributed by atoms with Gasteiger partial charge in [-0.05, 0) is 20.3 Å². The Bertz CT molecular complexity index is 411. The monoisotopic (exact) mass is 252 g/mol. The van der Waals surface area contributed by atoms with E-state index in [1.165, 1.54) is 0 Å². The molecule has 1 heterocycles. The quantitative estimate of drug-likeness (QED) is 0.798. The van der Waals surface area contributed by atoms with Crippen LogP contribution in [0, 0.1) is 13.8 Å². The van der Waals surface area contributed by atoms with Gasteiger partial charge in [-0.2, -0.15) is 5.10 Å². The molecule has 0 saturated carbocycles. The molecule has 1 aromatic heterocycles. The average Bonchev–Trinajstić information content (AvgIpc) is 2.51. The van der Waals surface area contributed by atoms with Crippen LogP contribution < -0.4 is 11.1 Å². The maximum atomic E-state index is 11.7. The molecular formula is C13H24N4O. The summed E-state index contributed by atoms with van der Waals surface area (Å²) in [6.07, 6.45) is 2.29. The molecule has 1 atom stereocenters. The van der Waals surface area contributed by atoms with Crippen LogP contribution in [0.25, 0.3) is 0 Å². The van der Waals surface area contributed by atoms with Crippen molar-refractivity contribution in [2.75, 3.05) is 0 Å². The summed E-state index contributed by atoms with van der Waals surface area (Å²) in [6, 6.07) is -0.0360. The molecule has 5 heteroatoms. The average molecular weight is 252 g/mol. The Kier molecular flexibility index (Phi) is 5.34. The molecule has 0 aliphatic carbocycles. The zero-order valence-electron chi connectivity index (χ0n) is 11.8. The van der Waals surface area contributed by atoms with Crippen molar-refractivity contribution < 1.29 is 4.79 Å². The second kappa shape index (κ2) is 6.54. The third-order valence-electron chi connectivity index (χ3n) is 3.23. The fourth-order valence-electron chi connectivity index (χ4n) is 2.04. The van der Waals surface area contributed by atoms with E-state index in [1.807, 2.05) is 25.6 Å². The number of nitrogens with one attached hydrogen (secondary N) is 1. The van der Waals surface area contributed by atoms with Crippen molar-refractivity contribution in [1.29, 1.82) is 0 Å². The summed E-state index contributed by atoms with van der Waals surface area (Å²) in [5.41, 5.74) is 8.99. The highest BCUT2D eigenvalue weighted by molar-refractivity contribution is 5.76. The first-order chi connectivity index (χ1) is 8.45. The Morgan fingerprint density at radius 3 is 2.67 bits per heavy atom. The number of carbonyl (C=O) groups excluding carboxylic acids is 1. The molecule has 3 N–H and O–H groups in total. The van der Waals surface area contributed by atoms with Gasteiger partial charge in [-0.15, -0.1) is 0 Å². The number of nitrogens with zero attached hydrogens (tertiary/aromatic N) is 2. The minimum atomic E-state index is -0.0360. The van der Waals surface area contributed by atoms with Crippen LogP contribution in [0.3, 0.4) is 0 Å². The Morgan fingerprint density at radius 1 is 1.50 bits per heavy atom. The number of aromatic nitrogens is 2. The molecular weight excluding hydrogens is 228 g/mol. The summed E-state index contributed by atoms with van der Waals surface area (Å²) >= 11 is 0.